The van der Waals surface area contributed by atoms with Crippen LogP contribution in [0.1, 0.15) is 29.3 Å². The molecule has 0 spiro atoms. The van der Waals surface area contributed by atoms with Crippen LogP contribution in [0.25, 0.3) is 0 Å². The smallest absolute Gasteiger partial charge is 0.344 e. The summed E-state index contributed by atoms with van der Waals surface area (Å²) in [4.78, 5) is 23.5. The van der Waals surface area contributed by atoms with Gasteiger partial charge in [-0.25, -0.2) is 4.79 Å². The summed E-state index contributed by atoms with van der Waals surface area (Å²) in [5.41, 5.74) is 1.17. The first-order chi connectivity index (χ1) is 14.0. The molecule has 0 radical (unpaired) electrons. The minimum Gasteiger partial charge on any atom is -0.493 e. The zero-order valence-electron chi connectivity index (χ0n) is 16.2. The van der Waals surface area contributed by atoms with Crippen LogP contribution in [0.2, 0.25) is 5.02 Å². The molecule has 0 unspecified atom stereocenters. The highest BCUT2D eigenvalue weighted by Crippen LogP contribution is 2.38. The number of benzene rings is 2. The fourth-order valence-electron chi connectivity index (χ4n) is 2.72. The molecule has 154 valence electrons. The molecular formula is C21H21ClO7. The third-order valence-corrected chi connectivity index (χ3v) is 4.46. The van der Waals surface area contributed by atoms with Crippen LogP contribution >= 0.6 is 11.6 Å². The van der Waals surface area contributed by atoms with Crippen molar-refractivity contribution in [2.45, 2.75) is 20.0 Å². The second kappa shape index (κ2) is 9.52. The Bertz CT molecular complexity index is 910. The van der Waals surface area contributed by atoms with Gasteiger partial charge in [-0.1, -0.05) is 11.6 Å². The Kier molecular flexibility index (Phi) is 6.82. The van der Waals surface area contributed by atoms with Crippen molar-refractivity contribution < 1.29 is 33.3 Å². The summed E-state index contributed by atoms with van der Waals surface area (Å²) in [5, 5.41) is 0.405. The number of ether oxygens (including phenoxy) is 5. The monoisotopic (exact) mass is 420 g/mol. The van der Waals surface area contributed by atoms with E-state index in [2.05, 4.69) is 0 Å². The maximum atomic E-state index is 12.1. The van der Waals surface area contributed by atoms with Crippen LogP contribution in [0, 0.1) is 0 Å². The van der Waals surface area contributed by atoms with Crippen molar-refractivity contribution in [1.29, 1.82) is 0 Å². The largest absolute Gasteiger partial charge is 0.493 e. The maximum Gasteiger partial charge on any atom is 0.344 e. The van der Waals surface area contributed by atoms with E-state index in [1.165, 1.54) is 14.0 Å². The molecule has 8 heteroatoms. The molecule has 0 amide bonds. The molecule has 2 aromatic rings. The molecular weight excluding hydrogens is 400 g/mol. The Morgan fingerprint density at radius 1 is 1.10 bits per heavy atom. The summed E-state index contributed by atoms with van der Waals surface area (Å²) in [6.07, 6.45) is 0.767. The molecule has 3 rings (SSSR count). The second-order valence-electron chi connectivity index (χ2n) is 6.33. The molecule has 29 heavy (non-hydrogen) atoms. The predicted molar refractivity (Wildman–Crippen MR) is 105 cm³/mol. The van der Waals surface area contributed by atoms with Crippen molar-refractivity contribution in [3.63, 3.8) is 0 Å². The maximum absolute atomic E-state index is 12.1. The van der Waals surface area contributed by atoms with E-state index in [0.717, 1.165) is 6.42 Å². The highest BCUT2D eigenvalue weighted by Gasteiger charge is 2.17. The summed E-state index contributed by atoms with van der Waals surface area (Å²) in [5.74, 6) is 1.08. The number of rotatable bonds is 7. The molecule has 7 nitrogen and oxygen atoms in total. The Morgan fingerprint density at radius 3 is 2.66 bits per heavy atom. The van der Waals surface area contributed by atoms with Crippen molar-refractivity contribution in [1.82, 2.24) is 0 Å². The van der Waals surface area contributed by atoms with E-state index >= 15 is 0 Å². The van der Waals surface area contributed by atoms with Crippen LogP contribution in [-0.4, -0.2) is 38.7 Å². The van der Waals surface area contributed by atoms with Gasteiger partial charge in [-0.15, -0.1) is 0 Å². The van der Waals surface area contributed by atoms with Crippen LogP contribution < -0.4 is 18.9 Å². The van der Waals surface area contributed by atoms with Crippen molar-refractivity contribution in [2.24, 2.45) is 0 Å². The van der Waals surface area contributed by atoms with E-state index in [1.54, 1.807) is 30.3 Å². The van der Waals surface area contributed by atoms with E-state index in [1.807, 2.05) is 0 Å². The van der Waals surface area contributed by atoms with E-state index in [0.29, 0.717) is 52.4 Å². The fourth-order valence-corrected chi connectivity index (χ4v) is 3.00. The Balaban J connectivity index is 1.57. The standard InChI is InChI=1S/C21H21ClO7/c1-13(23)15-4-5-17(18(10-15)25-2)28-12-20(24)29-11-14-8-16(22)21-19(9-14)26-6-3-7-27-21/h4-5,8-10H,3,6-7,11-12H2,1-2H3. The normalized spacial score (nSPS) is 12.7. The zero-order valence-corrected chi connectivity index (χ0v) is 16.9. The lowest BCUT2D eigenvalue weighted by Gasteiger charge is -2.13. The molecule has 1 heterocycles. The number of fused-ring (bicyclic) bond motifs is 1. The van der Waals surface area contributed by atoms with E-state index < -0.39 is 5.97 Å². The summed E-state index contributed by atoms with van der Waals surface area (Å²) in [6.45, 7) is 2.23. The molecule has 0 saturated carbocycles. The number of hydrogen-bond acceptors (Lipinski definition) is 7. The zero-order chi connectivity index (χ0) is 20.8. The van der Waals surface area contributed by atoms with Crippen LogP contribution in [0.5, 0.6) is 23.0 Å². The summed E-state index contributed by atoms with van der Waals surface area (Å²) in [7, 11) is 1.46. The Hall–Kier alpha value is -2.93. The molecule has 0 fully saturated rings. The Morgan fingerprint density at radius 2 is 1.90 bits per heavy atom. The van der Waals surface area contributed by atoms with Crippen molar-refractivity contribution in [3.8, 4) is 23.0 Å². The van der Waals surface area contributed by atoms with Gasteiger partial charge in [0.05, 0.1) is 25.3 Å². The van der Waals surface area contributed by atoms with Crippen molar-refractivity contribution >= 4 is 23.4 Å². The second-order valence-corrected chi connectivity index (χ2v) is 6.73. The molecule has 1 aliphatic heterocycles. The minimum absolute atomic E-state index is 0.0129. The third-order valence-electron chi connectivity index (χ3n) is 4.18. The van der Waals surface area contributed by atoms with Gasteiger partial charge in [-0.05, 0) is 42.8 Å². The highest BCUT2D eigenvalue weighted by molar-refractivity contribution is 6.32. The van der Waals surface area contributed by atoms with Gasteiger partial charge in [0.15, 0.2) is 35.4 Å². The number of methoxy groups -OCH3 is 1. The van der Waals surface area contributed by atoms with Crippen LogP contribution in [0.15, 0.2) is 30.3 Å². The Labute approximate surface area is 173 Å². The lowest BCUT2D eigenvalue weighted by molar-refractivity contribution is -0.147. The van der Waals surface area contributed by atoms with Gasteiger partial charge in [-0.3, -0.25) is 4.79 Å². The van der Waals surface area contributed by atoms with Crippen molar-refractivity contribution in [3.05, 3.63) is 46.5 Å². The van der Waals surface area contributed by atoms with Gasteiger partial charge in [0.25, 0.3) is 0 Å². The topological polar surface area (TPSA) is 80.3 Å². The molecule has 0 bridgehead atoms. The number of hydrogen-bond donors (Lipinski definition) is 0. The SMILES string of the molecule is COc1cc(C(C)=O)ccc1OCC(=O)OCc1cc(Cl)c2c(c1)OCCCO2. The molecule has 0 atom stereocenters. The fraction of sp³-hybridized carbons (Fsp3) is 0.333. The third kappa shape index (κ3) is 5.32. The van der Waals surface area contributed by atoms with Gasteiger partial charge >= 0.3 is 5.97 Å². The van der Waals surface area contributed by atoms with Gasteiger partial charge in [0.2, 0.25) is 0 Å². The average Bonchev–Trinajstić information content (AvgIpc) is 2.96. The van der Waals surface area contributed by atoms with E-state index in [9.17, 15) is 9.59 Å². The van der Waals surface area contributed by atoms with Crippen molar-refractivity contribution in [2.75, 3.05) is 26.9 Å². The number of carbonyl (C=O) groups is 2. The van der Waals surface area contributed by atoms with Crippen LogP contribution in [0.3, 0.4) is 0 Å². The number of ketones is 1. The first-order valence-corrected chi connectivity index (χ1v) is 9.41. The molecule has 0 aromatic heterocycles. The first kappa shape index (κ1) is 20.8. The average molecular weight is 421 g/mol. The first-order valence-electron chi connectivity index (χ1n) is 9.03. The summed E-state index contributed by atoms with van der Waals surface area (Å²) >= 11 is 6.24. The number of Topliss-reactive ketones (excluding diaryl/α,β-unsaturated/α-hetero) is 1. The van der Waals surface area contributed by atoms with E-state index in [-0.39, 0.29) is 19.0 Å². The minimum atomic E-state index is -0.564. The van der Waals surface area contributed by atoms with E-state index in [4.69, 9.17) is 35.3 Å². The van der Waals surface area contributed by atoms with Gasteiger partial charge in [0, 0.05) is 12.0 Å². The highest BCUT2D eigenvalue weighted by atomic mass is 35.5. The lowest BCUT2D eigenvalue weighted by Crippen LogP contribution is -2.15. The number of halogens is 1. The molecule has 0 N–H and O–H groups in total. The molecule has 0 aliphatic carbocycles. The summed E-state index contributed by atoms with van der Waals surface area (Å²) in [6, 6.07) is 8.15. The molecule has 1 aliphatic rings. The molecule has 2 aromatic carbocycles. The number of esters is 1. The molecule has 0 saturated heterocycles. The predicted octanol–water partition coefficient (Wildman–Crippen LogP) is 3.83. The number of carbonyl (C=O) groups excluding carboxylic acids is 2. The van der Waals surface area contributed by atoms with Crippen LogP contribution in [-0.2, 0) is 16.1 Å². The summed E-state index contributed by atoms with van der Waals surface area (Å²) < 4.78 is 27.1. The van der Waals surface area contributed by atoms with Gasteiger partial charge < -0.3 is 23.7 Å². The van der Waals surface area contributed by atoms with Gasteiger partial charge in [0.1, 0.15) is 6.61 Å². The van der Waals surface area contributed by atoms with Crippen LogP contribution in [0.4, 0.5) is 0 Å². The lowest BCUT2D eigenvalue weighted by atomic mass is 10.1. The van der Waals surface area contributed by atoms with Gasteiger partial charge in [-0.2, -0.15) is 0 Å². The quantitative estimate of drug-likeness (QED) is 0.497.